The molecule has 0 saturated heterocycles. The van der Waals surface area contributed by atoms with E-state index in [1.807, 2.05) is 13.0 Å². The van der Waals surface area contributed by atoms with Crippen LogP contribution in [-0.2, 0) is 11.3 Å². The van der Waals surface area contributed by atoms with Crippen molar-refractivity contribution in [1.82, 2.24) is 10.6 Å². The second-order valence-electron chi connectivity index (χ2n) is 4.90. The SMILES string of the molecule is CCNC(=O)c1cccc(CNC(=O)C2(N)CC2)c1. The van der Waals surface area contributed by atoms with E-state index in [1.165, 1.54) is 0 Å². The first kappa shape index (κ1) is 13.5. The van der Waals surface area contributed by atoms with Crippen LogP contribution in [0.1, 0.15) is 35.7 Å². The number of carbonyl (C=O) groups excluding carboxylic acids is 2. The van der Waals surface area contributed by atoms with Crippen LogP contribution in [0.5, 0.6) is 0 Å². The van der Waals surface area contributed by atoms with Crippen molar-refractivity contribution in [3.05, 3.63) is 35.4 Å². The molecule has 1 aliphatic carbocycles. The van der Waals surface area contributed by atoms with Gasteiger partial charge in [0.2, 0.25) is 5.91 Å². The molecular formula is C14H19N3O2. The summed E-state index contributed by atoms with van der Waals surface area (Å²) < 4.78 is 0. The molecule has 0 heterocycles. The Morgan fingerprint density at radius 3 is 2.68 bits per heavy atom. The third kappa shape index (κ3) is 3.32. The lowest BCUT2D eigenvalue weighted by Gasteiger charge is -2.10. The summed E-state index contributed by atoms with van der Waals surface area (Å²) in [7, 11) is 0. The van der Waals surface area contributed by atoms with Gasteiger partial charge in [-0.05, 0) is 37.5 Å². The minimum atomic E-state index is -0.656. The smallest absolute Gasteiger partial charge is 0.251 e. The van der Waals surface area contributed by atoms with Gasteiger partial charge in [0.05, 0.1) is 5.54 Å². The molecule has 0 spiro atoms. The quantitative estimate of drug-likeness (QED) is 0.723. The minimum Gasteiger partial charge on any atom is -0.352 e. The molecule has 1 aromatic carbocycles. The predicted molar refractivity (Wildman–Crippen MR) is 72.4 cm³/mol. The topological polar surface area (TPSA) is 84.2 Å². The monoisotopic (exact) mass is 261 g/mol. The summed E-state index contributed by atoms with van der Waals surface area (Å²) in [6, 6.07) is 7.21. The highest BCUT2D eigenvalue weighted by atomic mass is 16.2. The van der Waals surface area contributed by atoms with E-state index in [9.17, 15) is 9.59 Å². The largest absolute Gasteiger partial charge is 0.352 e. The standard InChI is InChI=1S/C14H19N3O2/c1-2-16-12(18)11-5-3-4-10(8-11)9-17-13(19)14(15)6-7-14/h3-5,8H,2,6-7,9,15H2,1H3,(H,16,18)(H,17,19). The molecule has 0 radical (unpaired) electrons. The molecule has 5 nitrogen and oxygen atoms in total. The Hall–Kier alpha value is -1.88. The fourth-order valence-corrected chi connectivity index (χ4v) is 1.81. The zero-order valence-corrected chi connectivity index (χ0v) is 11.0. The molecule has 0 atom stereocenters. The van der Waals surface area contributed by atoms with Crippen LogP contribution in [-0.4, -0.2) is 23.9 Å². The lowest BCUT2D eigenvalue weighted by atomic mass is 10.1. The van der Waals surface area contributed by atoms with Crippen LogP contribution in [0.4, 0.5) is 0 Å². The molecule has 19 heavy (non-hydrogen) atoms. The summed E-state index contributed by atoms with van der Waals surface area (Å²) in [5.41, 5.74) is 6.63. The van der Waals surface area contributed by atoms with Crippen molar-refractivity contribution in [3.8, 4) is 0 Å². The lowest BCUT2D eigenvalue weighted by molar-refractivity contribution is -0.123. The van der Waals surface area contributed by atoms with E-state index < -0.39 is 5.54 Å². The maximum absolute atomic E-state index is 11.7. The van der Waals surface area contributed by atoms with E-state index in [4.69, 9.17) is 5.73 Å². The van der Waals surface area contributed by atoms with Crippen LogP contribution in [0.2, 0.25) is 0 Å². The van der Waals surface area contributed by atoms with Gasteiger partial charge < -0.3 is 16.4 Å². The molecule has 1 saturated carbocycles. The molecule has 0 unspecified atom stereocenters. The fraction of sp³-hybridized carbons (Fsp3) is 0.429. The van der Waals surface area contributed by atoms with Crippen LogP contribution in [0, 0.1) is 0 Å². The first-order valence-corrected chi connectivity index (χ1v) is 6.49. The van der Waals surface area contributed by atoms with Crippen molar-refractivity contribution < 1.29 is 9.59 Å². The number of carbonyl (C=O) groups is 2. The summed E-state index contributed by atoms with van der Waals surface area (Å²) in [5.74, 6) is -0.218. The molecule has 4 N–H and O–H groups in total. The van der Waals surface area contributed by atoms with Crippen molar-refractivity contribution in [2.75, 3.05) is 6.54 Å². The maximum atomic E-state index is 11.7. The molecule has 1 aliphatic rings. The van der Waals surface area contributed by atoms with Crippen LogP contribution >= 0.6 is 0 Å². The highest BCUT2D eigenvalue weighted by Gasteiger charge is 2.45. The summed E-state index contributed by atoms with van der Waals surface area (Å²) in [6.45, 7) is 2.86. The molecule has 5 heteroatoms. The first-order valence-electron chi connectivity index (χ1n) is 6.49. The molecule has 0 aromatic heterocycles. The molecule has 1 fully saturated rings. The summed E-state index contributed by atoms with van der Waals surface area (Å²) in [4.78, 5) is 23.4. The van der Waals surface area contributed by atoms with Crippen LogP contribution in [0.25, 0.3) is 0 Å². The Kier molecular flexibility index (Phi) is 3.85. The summed E-state index contributed by atoms with van der Waals surface area (Å²) in [6.07, 6.45) is 1.50. The van der Waals surface area contributed by atoms with Gasteiger partial charge in [0.25, 0.3) is 5.91 Å². The van der Waals surface area contributed by atoms with Gasteiger partial charge in [-0.25, -0.2) is 0 Å². The van der Waals surface area contributed by atoms with E-state index in [2.05, 4.69) is 10.6 Å². The second kappa shape index (κ2) is 5.40. The van der Waals surface area contributed by atoms with Crippen molar-refractivity contribution >= 4 is 11.8 Å². The van der Waals surface area contributed by atoms with E-state index in [-0.39, 0.29) is 11.8 Å². The van der Waals surface area contributed by atoms with Crippen molar-refractivity contribution in [2.24, 2.45) is 5.73 Å². The normalized spacial score (nSPS) is 15.7. The van der Waals surface area contributed by atoms with Crippen LogP contribution in [0.3, 0.4) is 0 Å². The second-order valence-corrected chi connectivity index (χ2v) is 4.90. The van der Waals surface area contributed by atoms with Crippen molar-refractivity contribution in [2.45, 2.75) is 31.8 Å². The molecule has 0 bridgehead atoms. The number of nitrogens with two attached hydrogens (primary N) is 1. The molecule has 2 amide bonds. The Morgan fingerprint density at radius 1 is 1.32 bits per heavy atom. The summed E-state index contributed by atoms with van der Waals surface area (Å²) in [5, 5.41) is 5.55. The number of amides is 2. The Labute approximate surface area is 112 Å². The van der Waals surface area contributed by atoms with Gasteiger partial charge in [0.15, 0.2) is 0 Å². The van der Waals surface area contributed by atoms with Gasteiger partial charge >= 0.3 is 0 Å². The first-order chi connectivity index (χ1) is 9.05. The molecular weight excluding hydrogens is 242 g/mol. The van der Waals surface area contributed by atoms with Gasteiger partial charge in [-0.15, -0.1) is 0 Å². The highest BCUT2D eigenvalue weighted by molar-refractivity contribution is 5.94. The number of rotatable bonds is 5. The molecule has 102 valence electrons. The van der Waals surface area contributed by atoms with Gasteiger partial charge in [0, 0.05) is 18.7 Å². The Morgan fingerprint density at radius 2 is 2.05 bits per heavy atom. The average molecular weight is 261 g/mol. The van der Waals surface area contributed by atoms with E-state index in [1.54, 1.807) is 18.2 Å². The van der Waals surface area contributed by atoms with Crippen molar-refractivity contribution in [3.63, 3.8) is 0 Å². The van der Waals surface area contributed by atoms with E-state index >= 15 is 0 Å². The number of hydrogen-bond acceptors (Lipinski definition) is 3. The van der Waals surface area contributed by atoms with Gasteiger partial charge in [-0.2, -0.15) is 0 Å². The highest BCUT2D eigenvalue weighted by Crippen LogP contribution is 2.32. The van der Waals surface area contributed by atoms with Crippen LogP contribution in [0.15, 0.2) is 24.3 Å². The number of benzene rings is 1. The van der Waals surface area contributed by atoms with Gasteiger partial charge in [0.1, 0.15) is 0 Å². The van der Waals surface area contributed by atoms with Crippen molar-refractivity contribution in [1.29, 1.82) is 0 Å². The molecule has 2 rings (SSSR count). The third-order valence-corrected chi connectivity index (χ3v) is 3.22. The zero-order chi connectivity index (χ0) is 13.9. The Bertz CT molecular complexity index is 495. The lowest BCUT2D eigenvalue weighted by Crippen LogP contribution is -2.42. The zero-order valence-electron chi connectivity index (χ0n) is 11.0. The molecule has 1 aromatic rings. The number of hydrogen-bond donors (Lipinski definition) is 3. The average Bonchev–Trinajstić information content (AvgIpc) is 3.16. The van der Waals surface area contributed by atoms with Crippen LogP contribution < -0.4 is 16.4 Å². The molecule has 0 aliphatic heterocycles. The fourth-order valence-electron chi connectivity index (χ4n) is 1.81. The minimum absolute atomic E-state index is 0.104. The summed E-state index contributed by atoms with van der Waals surface area (Å²) >= 11 is 0. The third-order valence-electron chi connectivity index (χ3n) is 3.22. The van der Waals surface area contributed by atoms with E-state index in [0.717, 1.165) is 18.4 Å². The van der Waals surface area contributed by atoms with Gasteiger partial charge in [-0.3, -0.25) is 9.59 Å². The Balaban J connectivity index is 1.95. The van der Waals surface area contributed by atoms with E-state index in [0.29, 0.717) is 18.7 Å². The number of nitrogens with one attached hydrogen (secondary N) is 2. The maximum Gasteiger partial charge on any atom is 0.251 e. The predicted octanol–water partition coefficient (Wildman–Crippen LogP) is 0.544. The van der Waals surface area contributed by atoms with Gasteiger partial charge in [-0.1, -0.05) is 12.1 Å².